The van der Waals surface area contributed by atoms with Crippen LogP contribution in [-0.4, -0.2) is 54.7 Å². The van der Waals surface area contributed by atoms with E-state index in [-0.39, 0.29) is 29.4 Å². The van der Waals surface area contributed by atoms with E-state index in [1.54, 1.807) is 43.4 Å². The van der Waals surface area contributed by atoms with E-state index >= 15 is 0 Å². The SMILES string of the molecule is CCc1c(O)cc(O)c(C(=O)c2ccc(OC)cc2)c1CC(=O)N1CCc2cc(OC)c(OC)cc2C1. The number of methoxy groups -OCH3 is 3. The zero-order chi connectivity index (χ0) is 26.7. The summed E-state index contributed by atoms with van der Waals surface area (Å²) in [5.74, 6) is 0.687. The molecule has 3 aromatic rings. The monoisotopic (exact) mass is 505 g/mol. The zero-order valence-electron chi connectivity index (χ0n) is 21.5. The van der Waals surface area contributed by atoms with E-state index in [2.05, 4.69) is 0 Å². The Bertz CT molecular complexity index is 1330. The fourth-order valence-corrected chi connectivity index (χ4v) is 4.84. The van der Waals surface area contributed by atoms with Gasteiger partial charge in [-0.2, -0.15) is 0 Å². The summed E-state index contributed by atoms with van der Waals surface area (Å²) in [5, 5.41) is 21.3. The highest BCUT2D eigenvalue weighted by Gasteiger charge is 2.28. The van der Waals surface area contributed by atoms with Gasteiger partial charge in [0, 0.05) is 24.7 Å². The maximum absolute atomic E-state index is 13.5. The number of fused-ring (bicyclic) bond motifs is 1. The van der Waals surface area contributed by atoms with Gasteiger partial charge in [0.05, 0.1) is 33.3 Å². The second-order valence-corrected chi connectivity index (χ2v) is 8.88. The van der Waals surface area contributed by atoms with Gasteiger partial charge in [0.25, 0.3) is 0 Å². The summed E-state index contributed by atoms with van der Waals surface area (Å²) in [4.78, 5) is 28.7. The van der Waals surface area contributed by atoms with Crippen LogP contribution in [-0.2, 0) is 30.6 Å². The maximum Gasteiger partial charge on any atom is 0.227 e. The van der Waals surface area contributed by atoms with Crippen LogP contribution >= 0.6 is 0 Å². The standard InChI is InChI=1S/C29H31NO7/c1-5-21-22(28(24(32)15-23(21)31)29(34)17-6-8-20(35-2)9-7-17)14-27(33)30-11-10-18-12-25(36-3)26(37-4)13-19(18)16-30/h6-9,12-13,15,31-32H,5,10-11,14,16H2,1-4H3. The fourth-order valence-electron chi connectivity index (χ4n) is 4.84. The number of amides is 1. The normalized spacial score (nSPS) is 12.6. The van der Waals surface area contributed by atoms with Crippen LogP contribution in [0.3, 0.4) is 0 Å². The Morgan fingerprint density at radius 1 is 0.865 bits per heavy atom. The number of carbonyl (C=O) groups excluding carboxylic acids is 2. The molecule has 1 aliphatic rings. The van der Waals surface area contributed by atoms with Crippen molar-refractivity contribution >= 4 is 11.7 Å². The highest BCUT2D eigenvalue weighted by Crippen LogP contribution is 2.36. The van der Waals surface area contributed by atoms with Crippen molar-refractivity contribution in [3.63, 3.8) is 0 Å². The van der Waals surface area contributed by atoms with Crippen LogP contribution in [0.5, 0.6) is 28.7 Å². The van der Waals surface area contributed by atoms with Gasteiger partial charge in [0.2, 0.25) is 5.91 Å². The quantitative estimate of drug-likeness (QED) is 0.445. The molecule has 0 atom stereocenters. The zero-order valence-corrected chi connectivity index (χ0v) is 21.5. The van der Waals surface area contributed by atoms with Crippen molar-refractivity contribution in [1.82, 2.24) is 4.90 Å². The van der Waals surface area contributed by atoms with Crippen molar-refractivity contribution in [2.75, 3.05) is 27.9 Å². The van der Waals surface area contributed by atoms with Crippen LogP contribution < -0.4 is 14.2 Å². The first-order valence-electron chi connectivity index (χ1n) is 12.1. The van der Waals surface area contributed by atoms with E-state index in [4.69, 9.17) is 14.2 Å². The third kappa shape index (κ3) is 5.05. The summed E-state index contributed by atoms with van der Waals surface area (Å²) >= 11 is 0. The molecule has 1 aliphatic heterocycles. The van der Waals surface area contributed by atoms with Crippen LogP contribution in [0.15, 0.2) is 42.5 Å². The van der Waals surface area contributed by atoms with Crippen molar-refractivity contribution in [2.24, 2.45) is 0 Å². The van der Waals surface area contributed by atoms with E-state index in [0.29, 0.717) is 59.9 Å². The van der Waals surface area contributed by atoms with Gasteiger partial charge in [0.1, 0.15) is 17.2 Å². The summed E-state index contributed by atoms with van der Waals surface area (Å²) in [5.41, 5.74) is 3.21. The topological polar surface area (TPSA) is 106 Å². The molecule has 4 rings (SSSR count). The van der Waals surface area contributed by atoms with E-state index in [1.165, 1.54) is 13.2 Å². The lowest BCUT2D eigenvalue weighted by Gasteiger charge is -2.30. The second kappa shape index (κ2) is 10.8. The van der Waals surface area contributed by atoms with Crippen molar-refractivity contribution in [2.45, 2.75) is 32.7 Å². The lowest BCUT2D eigenvalue weighted by Crippen LogP contribution is -2.37. The molecule has 1 heterocycles. The van der Waals surface area contributed by atoms with Crippen molar-refractivity contribution in [1.29, 1.82) is 0 Å². The largest absolute Gasteiger partial charge is 0.508 e. The minimum Gasteiger partial charge on any atom is -0.508 e. The molecule has 0 bridgehead atoms. The third-order valence-corrected chi connectivity index (χ3v) is 6.84. The van der Waals surface area contributed by atoms with E-state index < -0.39 is 5.78 Å². The highest BCUT2D eigenvalue weighted by atomic mass is 16.5. The molecule has 194 valence electrons. The predicted molar refractivity (Wildman–Crippen MR) is 138 cm³/mol. The number of benzene rings is 3. The first-order chi connectivity index (χ1) is 17.8. The second-order valence-electron chi connectivity index (χ2n) is 8.88. The molecule has 37 heavy (non-hydrogen) atoms. The molecule has 0 saturated carbocycles. The summed E-state index contributed by atoms with van der Waals surface area (Å²) in [7, 11) is 4.69. The van der Waals surface area contributed by atoms with Crippen molar-refractivity contribution in [3.05, 3.63) is 75.8 Å². The third-order valence-electron chi connectivity index (χ3n) is 6.84. The summed E-state index contributed by atoms with van der Waals surface area (Å²) in [6.07, 6.45) is 0.896. The first kappa shape index (κ1) is 25.9. The molecule has 0 aromatic heterocycles. The summed E-state index contributed by atoms with van der Waals surface area (Å²) in [6, 6.07) is 11.5. The molecule has 0 unspecified atom stereocenters. The fraction of sp³-hybridized carbons (Fsp3) is 0.310. The van der Waals surface area contributed by atoms with Crippen LogP contribution in [0, 0.1) is 0 Å². The van der Waals surface area contributed by atoms with Gasteiger partial charge >= 0.3 is 0 Å². The Kier molecular flexibility index (Phi) is 7.57. The molecule has 3 aromatic carbocycles. The molecule has 0 radical (unpaired) electrons. The Labute approximate surface area is 216 Å². The Morgan fingerprint density at radius 2 is 1.51 bits per heavy atom. The number of phenols is 2. The molecular weight excluding hydrogens is 474 g/mol. The lowest BCUT2D eigenvalue weighted by atomic mass is 9.89. The number of hydrogen-bond acceptors (Lipinski definition) is 7. The Morgan fingerprint density at radius 3 is 2.11 bits per heavy atom. The van der Waals surface area contributed by atoms with Gasteiger partial charge < -0.3 is 29.3 Å². The number of ketones is 1. The van der Waals surface area contributed by atoms with Gasteiger partial charge in [-0.15, -0.1) is 0 Å². The van der Waals surface area contributed by atoms with Crippen LogP contribution in [0.2, 0.25) is 0 Å². The van der Waals surface area contributed by atoms with Gasteiger partial charge in [-0.3, -0.25) is 9.59 Å². The van der Waals surface area contributed by atoms with E-state index in [0.717, 1.165) is 11.1 Å². The molecule has 0 saturated heterocycles. The smallest absolute Gasteiger partial charge is 0.227 e. The number of carbonyl (C=O) groups is 2. The Hall–Kier alpha value is -4.20. The molecule has 0 fully saturated rings. The lowest BCUT2D eigenvalue weighted by molar-refractivity contribution is -0.131. The number of rotatable bonds is 8. The molecule has 8 heteroatoms. The van der Waals surface area contributed by atoms with Gasteiger partial charge in [-0.25, -0.2) is 0 Å². The average molecular weight is 506 g/mol. The average Bonchev–Trinajstić information content (AvgIpc) is 2.91. The molecule has 2 N–H and O–H groups in total. The summed E-state index contributed by atoms with van der Waals surface area (Å²) < 4.78 is 16.0. The number of nitrogens with zero attached hydrogens (tertiary/aromatic N) is 1. The predicted octanol–water partition coefficient (Wildman–Crippen LogP) is 4.04. The van der Waals surface area contributed by atoms with Crippen LogP contribution in [0.25, 0.3) is 0 Å². The maximum atomic E-state index is 13.5. The Balaban J connectivity index is 1.67. The highest BCUT2D eigenvalue weighted by molar-refractivity contribution is 6.12. The molecule has 0 spiro atoms. The minimum atomic E-state index is -0.432. The molecule has 1 amide bonds. The van der Waals surface area contributed by atoms with Gasteiger partial charge in [-0.05, 0) is 71.5 Å². The first-order valence-corrected chi connectivity index (χ1v) is 12.1. The van der Waals surface area contributed by atoms with Gasteiger partial charge in [0.15, 0.2) is 17.3 Å². The number of aromatic hydroxyl groups is 2. The molecule has 0 aliphatic carbocycles. The van der Waals surface area contributed by atoms with E-state index in [1.807, 2.05) is 19.1 Å². The number of hydrogen-bond donors (Lipinski definition) is 2. The summed E-state index contributed by atoms with van der Waals surface area (Å²) in [6.45, 7) is 2.70. The van der Waals surface area contributed by atoms with E-state index in [9.17, 15) is 19.8 Å². The van der Waals surface area contributed by atoms with Gasteiger partial charge in [-0.1, -0.05) is 6.92 Å². The minimum absolute atomic E-state index is 0.0250. The van der Waals surface area contributed by atoms with Crippen molar-refractivity contribution < 1.29 is 34.0 Å². The molecule has 8 nitrogen and oxygen atoms in total. The number of phenolic OH excluding ortho intramolecular Hbond substituents is 2. The van der Waals surface area contributed by atoms with Crippen LogP contribution in [0.1, 0.15) is 45.1 Å². The number of ether oxygens (including phenoxy) is 3. The molecular formula is C29H31NO7. The van der Waals surface area contributed by atoms with Crippen molar-refractivity contribution in [3.8, 4) is 28.7 Å². The van der Waals surface area contributed by atoms with Crippen LogP contribution in [0.4, 0.5) is 0 Å².